The zero-order chi connectivity index (χ0) is 17.0. The summed E-state index contributed by atoms with van der Waals surface area (Å²) in [6.07, 6.45) is 3.46. The Kier molecular flexibility index (Phi) is 5.46. The maximum atomic E-state index is 12.4. The lowest BCUT2D eigenvalue weighted by Gasteiger charge is -2.14. The van der Waals surface area contributed by atoms with Crippen molar-refractivity contribution in [1.29, 1.82) is 0 Å². The molecule has 0 saturated heterocycles. The maximum absolute atomic E-state index is 12.4. The van der Waals surface area contributed by atoms with Crippen molar-refractivity contribution in [3.63, 3.8) is 0 Å². The van der Waals surface area contributed by atoms with Gasteiger partial charge in [-0.05, 0) is 36.5 Å². The fraction of sp³-hybridized carbons (Fsp3) is 0.400. The van der Waals surface area contributed by atoms with Gasteiger partial charge in [-0.25, -0.2) is 4.21 Å². The Bertz CT molecular complexity index is 653. The number of methoxy groups -OCH3 is 1. The van der Waals surface area contributed by atoms with E-state index >= 15 is 0 Å². The van der Waals surface area contributed by atoms with E-state index in [2.05, 4.69) is 8.92 Å². The molecule has 1 aliphatic rings. The molecular weight excluding hydrogens is 333 g/mol. The minimum absolute atomic E-state index is 0.0437. The largest absolute Gasteiger partial charge is 0.508 e. The molecule has 0 N–H and O–H groups in total. The number of fused-ring (bicyclic) bond motifs is 1. The van der Waals surface area contributed by atoms with E-state index in [0.717, 1.165) is 12.0 Å². The molecule has 1 aliphatic carbocycles. The van der Waals surface area contributed by atoms with E-state index in [4.69, 9.17) is 0 Å². The Morgan fingerprint density at radius 1 is 1.35 bits per heavy atom. The molecule has 0 spiro atoms. The van der Waals surface area contributed by atoms with Crippen LogP contribution in [-0.2, 0) is 37.6 Å². The monoisotopic (exact) mass is 348 g/mol. The van der Waals surface area contributed by atoms with Crippen molar-refractivity contribution in [3.05, 3.63) is 41.0 Å². The van der Waals surface area contributed by atoms with E-state index in [0.29, 0.717) is 24.0 Å². The number of rotatable bonds is 4. The number of ether oxygens (including phenoxy) is 1. The first-order valence-corrected chi connectivity index (χ1v) is 7.95. The fourth-order valence-electron chi connectivity index (χ4n) is 2.29. The molecule has 0 bridgehead atoms. The number of benzene rings is 1. The predicted molar refractivity (Wildman–Crippen MR) is 78.4 cm³/mol. The lowest BCUT2D eigenvalue weighted by Crippen LogP contribution is -2.18. The number of alkyl halides is 3. The van der Waals surface area contributed by atoms with Crippen LogP contribution in [0.5, 0.6) is 0 Å². The third-order valence-corrected chi connectivity index (χ3v) is 4.05. The molecule has 0 heterocycles. The topological polar surface area (TPSA) is 52.6 Å². The molecule has 0 saturated carbocycles. The van der Waals surface area contributed by atoms with Crippen molar-refractivity contribution >= 4 is 22.8 Å². The number of halogens is 3. The normalized spacial score (nSPS) is 15.9. The first-order chi connectivity index (χ1) is 10.8. The quantitative estimate of drug-likeness (QED) is 0.784. The standard InChI is InChI=1S/C15H15F3O4S/c1-21-14(19)9-10-6-7-12-11(8-10)4-2-3-5-13(12)22-23(20)15(16,17)18/h5-8H,2-4,9H2,1H3. The van der Waals surface area contributed by atoms with Crippen LogP contribution in [0.2, 0.25) is 0 Å². The van der Waals surface area contributed by atoms with Crippen LogP contribution in [0, 0.1) is 0 Å². The molecule has 8 heteroatoms. The average molecular weight is 348 g/mol. The summed E-state index contributed by atoms with van der Waals surface area (Å²) in [6.45, 7) is 0. The highest BCUT2D eigenvalue weighted by Crippen LogP contribution is 2.31. The molecular formula is C15H15F3O4S. The van der Waals surface area contributed by atoms with Gasteiger partial charge < -0.3 is 8.92 Å². The van der Waals surface area contributed by atoms with Gasteiger partial charge in [0.25, 0.3) is 0 Å². The summed E-state index contributed by atoms with van der Waals surface area (Å²) in [5, 5.41) is 0. The second kappa shape index (κ2) is 7.16. The fourth-order valence-corrected chi connectivity index (χ4v) is 2.70. The smallest absolute Gasteiger partial charge is 0.469 e. The summed E-state index contributed by atoms with van der Waals surface area (Å²) in [7, 11) is 1.28. The van der Waals surface area contributed by atoms with Crippen LogP contribution >= 0.6 is 0 Å². The van der Waals surface area contributed by atoms with Crippen LogP contribution in [0.25, 0.3) is 5.76 Å². The molecule has 0 fully saturated rings. The van der Waals surface area contributed by atoms with Crippen molar-refractivity contribution in [2.45, 2.75) is 31.2 Å². The number of hydrogen-bond donors (Lipinski definition) is 0. The molecule has 2 rings (SSSR count). The summed E-state index contributed by atoms with van der Waals surface area (Å²) in [5.41, 5.74) is -3.00. The molecule has 4 nitrogen and oxygen atoms in total. The number of aryl methyl sites for hydroxylation is 1. The van der Waals surface area contributed by atoms with Crippen LogP contribution in [0.3, 0.4) is 0 Å². The third kappa shape index (κ3) is 4.57. The van der Waals surface area contributed by atoms with Crippen LogP contribution in [0.1, 0.15) is 29.5 Å². The summed E-state index contributed by atoms with van der Waals surface area (Å²) in [5.74, 6) is -0.443. The number of hydrogen-bond acceptors (Lipinski definition) is 4. The van der Waals surface area contributed by atoms with Gasteiger partial charge in [0, 0.05) is 5.56 Å². The lowest BCUT2D eigenvalue weighted by molar-refractivity contribution is -0.139. The van der Waals surface area contributed by atoms with Crippen molar-refractivity contribution in [2.75, 3.05) is 7.11 Å². The predicted octanol–water partition coefficient (Wildman–Crippen LogP) is 3.28. The summed E-state index contributed by atoms with van der Waals surface area (Å²) >= 11 is -3.41. The van der Waals surface area contributed by atoms with E-state index in [-0.39, 0.29) is 12.2 Å². The molecule has 0 radical (unpaired) electrons. The third-order valence-electron chi connectivity index (χ3n) is 3.35. The van der Waals surface area contributed by atoms with Crippen LogP contribution in [0.4, 0.5) is 13.2 Å². The Labute approximate surface area is 133 Å². The van der Waals surface area contributed by atoms with Gasteiger partial charge in [0.15, 0.2) is 0 Å². The van der Waals surface area contributed by atoms with E-state index in [9.17, 15) is 22.2 Å². The van der Waals surface area contributed by atoms with Gasteiger partial charge in [-0.3, -0.25) is 4.79 Å². The Hall–Kier alpha value is -1.83. The van der Waals surface area contributed by atoms with E-state index < -0.39 is 22.6 Å². The van der Waals surface area contributed by atoms with Crippen LogP contribution < -0.4 is 0 Å². The van der Waals surface area contributed by atoms with E-state index in [1.165, 1.54) is 13.2 Å². The Morgan fingerprint density at radius 3 is 2.74 bits per heavy atom. The number of carbonyl (C=O) groups is 1. The highest BCUT2D eigenvalue weighted by atomic mass is 32.2. The zero-order valence-corrected chi connectivity index (χ0v) is 13.1. The second-order valence-corrected chi connectivity index (χ2v) is 6.07. The highest BCUT2D eigenvalue weighted by molar-refractivity contribution is 7.81. The summed E-state index contributed by atoms with van der Waals surface area (Å²) in [6, 6.07) is 4.94. The first kappa shape index (κ1) is 17.5. The Morgan fingerprint density at radius 2 is 2.09 bits per heavy atom. The van der Waals surface area contributed by atoms with Gasteiger partial charge in [0.1, 0.15) is 5.76 Å². The van der Waals surface area contributed by atoms with Crippen LogP contribution in [0.15, 0.2) is 24.3 Å². The molecule has 0 amide bonds. The molecule has 23 heavy (non-hydrogen) atoms. The number of carbonyl (C=O) groups excluding carboxylic acids is 1. The van der Waals surface area contributed by atoms with Gasteiger partial charge in [-0.15, -0.1) is 0 Å². The van der Waals surface area contributed by atoms with Gasteiger partial charge in [0.05, 0.1) is 13.5 Å². The van der Waals surface area contributed by atoms with Gasteiger partial charge in [0.2, 0.25) is 0 Å². The SMILES string of the molecule is COC(=O)Cc1ccc2c(c1)CCCC=C2OS(=O)C(F)(F)F. The van der Waals surface area contributed by atoms with Gasteiger partial charge >= 0.3 is 22.6 Å². The van der Waals surface area contributed by atoms with Crippen molar-refractivity contribution in [3.8, 4) is 0 Å². The van der Waals surface area contributed by atoms with Gasteiger partial charge in [-0.1, -0.05) is 18.2 Å². The summed E-state index contributed by atoms with van der Waals surface area (Å²) < 4.78 is 57.7. The number of esters is 1. The summed E-state index contributed by atoms with van der Waals surface area (Å²) in [4.78, 5) is 11.3. The lowest BCUT2D eigenvalue weighted by atomic mass is 9.99. The zero-order valence-electron chi connectivity index (χ0n) is 12.3. The van der Waals surface area contributed by atoms with Crippen molar-refractivity contribution in [2.24, 2.45) is 0 Å². The minimum Gasteiger partial charge on any atom is -0.469 e. The highest BCUT2D eigenvalue weighted by Gasteiger charge is 2.40. The minimum atomic E-state index is -4.93. The molecule has 0 aliphatic heterocycles. The second-order valence-electron chi connectivity index (χ2n) is 4.97. The van der Waals surface area contributed by atoms with E-state index in [1.807, 2.05) is 0 Å². The molecule has 0 aromatic heterocycles. The maximum Gasteiger partial charge on any atom is 0.508 e. The molecule has 1 aromatic rings. The van der Waals surface area contributed by atoms with Crippen molar-refractivity contribution < 1.29 is 31.1 Å². The van der Waals surface area contributed by atoms with Crippen LogP contribution in [-0.4, -0.2) is 22.8 Å². The molecule has 1 unspecified atom stereocenters. The van der Waals surface area contributed by atoms with E-state index in [1.54, 1.807) is 18.2 Å². The van der Waals surface area contributed by atoms with Gasteiger partial charge in [-0.2, -0.15) is 13.2 Å². The molecule has 1 aromatic carbocycles. The molecule has 1 atom stereocenters. The van der Waals surface area contributed by atoms with Crippen molar-refractivity contribution in [1.82, 2.24) is 0 Å². The Balaban J connectivity index is 2.27. The first-order valence-electron chi connectivity index (χ1n) is 6.87. The number of allylic oxidation sites excluding steroid dienone is 1. The average Bonchev–Trinajstić information content (AvgIpc) is 2.68. The molecule has 126 valence electrons.